The van der Waals surface area contributed by atoms with Crippen LogP contribution >= 0.6 is 22.6 Å². The fourth-order valence-corrected chi connectivity index (χ4v) is 4.63. The molecule has 0 aliphatic carbocycles. The van der Waals surface area contributed by atoms with Gasteiger partial charge in [0.05, 0.1) is 4.90 Å². The zero-order valence-electron chi connectivity index (χ0n) is 9.34. The first-order chi connectivity index (χ1) is 8.05. The van der Waals surface area contributed by atoms with Gasteiger partial charge in [0.25, 0.3) is 0 Å². The van der Waals surface area contributed by atoms with Crippen LogP contribution in [-0.4, -0.2) is 31.9 Å². The van der Waals surface area contributed by atoms with Crippen molar-refractivity contribution in [2.24, 2.45) is 5.73 Å². The number of nitrogens with two attached hydrogens (primary N) is 1. The first kappa shape index (κ1) is 13.3. The number of halogens is 1. The largest absolute Gasteiger partial charge is 0.329 e. The molecule has 1 aromatic rings. The van der Waals surface area contributed by atoms with Crippen LogP contribution in [-0.2, 0) is 10.0 Å². The van der Waals surface area contributed by atoms with Gasteiger partial charge in [-0.05, 0) is 53.6 Å². The minimum atomic E-state index is -3.37. The molecule has 1 aromatic carbocycles. The summed E-state index contributed by atoms with van der Waals surface area (Å²) in [6.07, 6.45) is 1.75. The molecule has 2 N–H and O–H groups in total. The van der Waals surface area contributed by atoms with Crippen molar-refractivity contribution in [3.63, 3.8) is 0 Å². The molecule has 1 saturated heterocycles. The van der Waals surface area contributed by atoms with Crippen LogP contribution in [0.15, 0.2) is 29.2 Å². The maximum absolute atomic E-state index is 12.4. The molecule has 2 rings (SSSR count). The third-order valence-corrected chi connectivity index (χ3v) is 5.62. The van der Waals surface area contributed by atoms with Crippen LogP contribution in [0.2, 0.25) is 0 Å². The molecule has 1 unspecified atom stereocenters. The lowest BCUT2D eigenvalue weighted by molar-refractivity contribution is 0.393. The maximum atomic E-state index is 12.4. The quantitative estimate of drug-likeness (QED) is 0.823. The Hall–Kier alpha value is -0.180. The second-order valence-corrected chi connectivity index (χ2v) is 7.24. The van der Waals surface area contributed by atoms with Crippen molar-refractivity contribution in [1.82, 2.24) is 4.31 Å². The predicted molar refractivity (Wildman–Crippen MR) is 75.1 cm³/mol. The standard InChI is InChI=1S/C11H15IN2O2S/c12-9-3-1-5-11(7-9)17(15,16)14-6-2-4-10(14)8-13/h1,3,5,7,10H,2,4,6,8,13H2. The lowest BCUT2D eigenvalue weighted by Crippen LogP contribution is -2.39. The minimum absolute atomic E-state index is 0.0436. The van der Waals surface area contributed by atoms with E-state index < -0.39 is 10.0 Å². The van der Waals surface area contributed by atoms with Crippen molar-refractivity contribution in [2.45, 2.75) is 23.8 Å². The van der Waals surface area contributed by atoms with Crippen LogP contribution in [0, 0.1) is 3.57 Å². The highest BCUT2D eigenvalue weighted by atomic mass is 127. The average Bonchev–Trinajstić information content (AvgIpc) is 2.77. The van der Waals surface area contributed by atoms with Gasteiger partial charge in [0, 0.05) is 22.7 Å². The number of hydrogen-bond donors (Lipinski definition) is 1. The highest BCUT2D eigenvalue weighted by Crippen LogP contribution is 2.26. The van der Waals surface area contributed by atoms with Crippen LogP contribution in [0.4, 0.5) is 0 Å². The van der Waals surface area contributed by atoms with Crippen molar-refractivity contribution in [2.75, 3.05) is 13.1 Å². The Kier molecular flexibility index (Phi) is 4.06. The third kappa shape index (κ3) is 2.64. The van der Waals surface area contributed by atoms with Gasteiger partial charge in [0.15, 0.2) is 0 Å². The second-order valence-electron chi connectivity index (χ2n) is 4.10. The number of sulfonamides is 1. The van der Waals surface area contributed by atoms with E-state index >= 15 is 0 Å². The van der Waals surface area contributed by atoms with Crippen LogP contribution < -0.4 is 5.73 Å². The molecule has 0 radical (unpaired) electrons. The van der Waals surface area contributed by atoms with Gasteiger partial charge in [0.2, 0.25) is 10.0 Å². The van der Waals surface area contributed by atoms with E-state index in [1.165, 1.54) is 0 Å². The number of nitrogens with zero attached hydrogens (tertiary/aromatic N) is 1. The fraction of sp³-hybridized carbons (Fsp3) is 0.455. The summed E-state index contributed by atoms with van der Waals surface area (Å²) in [5.41, 5.74) is 5.62. The lowest BCUT2D eigenvalue weighted by Gasteiger charge is -2.22. The molecular formula is C11H15IN2O2S. The van der Waals surface area contributed by atoms with Gasteiger partial charge in [-0.3, -0.25) is 0 Å². The smallest absolute Gasteiger partial charge is 0.243 e. The molecule has 1 fully saturated rings. The minimum Gasteiger partial charge on any atom is -0.329 e. The van der Waals surface area contributed by atoms with Crippen LogP contribution in [0.25, 0.3) is 0 Å². The van der Waals surface area contributed by atoms with Crippen molar-refractivity contribution in [3.05, 3.63) is 27.8 Å². The Morgan fingerprint density at radius 3 is 2.88 bits per heavy atom. The topological polar surface area (TPSA) is 63.4 Å². The average molecular weight is 366 g/mol. The molecule has 0 saturated carbocycles. The predicted octanol–water partition coefficient (Wildman–Crippen LogP) is 1.40. The van der Waals surface area contributed by atoms with E-state index in [9.17, 15) is 8.42 Å². The van der Waals surface area contributed by atoms with Gasteiger partial charge in [0.1, 0.15) is 0 Å². The van der Waals surface area contributed by atoms with Crippen LogP contribution in [0.3, 0.4) is 0 Å². The van der Waals surface area contributed by atoms with Crippen molar-refractivity contribution in [3.8, 4) is 0 Å². The number of benzene rings is 1. The first-order valence-electron chi connectivity index (χ1n) is 5.53. The monoisotopic (exact) mass is 366 g/mol. The van der Waals surface area contributed by atoms with Gasteiger partial charge in [-0.1, -0.05) is 6.07 Å². The summed E-state index contributed by atoms with van der Waals surface area (Å²) in [4.78, 5) is 0.366. The van der Waals surface area contributed by atoms with Gasteiger partial charge < -0.3 is 5.73 Å². The Morgan fingerprint density at radius 2 is 2.24 bits per heavy atom. The maximum Gasteiger partial charge on any atom is 0.243 e. The van der Waals surface area contributed by atoms with E-state index in [4.69, 9.17) is 5.73 Å². The molecule has 0 spiro atoms. The first-order valence-corrected chi connectivity index (χ1v) is 8.05. The van der Waals surface area contributed by atoms with E-state index in [2.05, 4.69) is 22.6 Å². The molecule has 4 nitrogen and oxygen atoms in total. The highest BCUT2D eigenvalue weighted by Gasteiger charge is 2.34. The normalized spacial score (nSPS) is 21.9. The molecule has 17 heavy (non-hydrogen) atoms. The van der Waals surface area contributed by atoms with Gasteiger partial charge in [-0.25, -0.2) is 8.42 Å². The SMILES string of the molecule is NCC1CCCN1S(=O)(=O)c1cccc(I)c1. The Morgan fingerprint density at radius 1 is 1.47 bits per heavy atom. The second kappa shape index (κ2) is 5.21. The molecular weight excluding hydrogens is 351 g/mol. The molecule has 0 aromatic heterocycles. The van der Waals surface area contributed by atoms with Gasteiger partial charge in [-0.15, -0.1) is 0 Å². The Balaban J connectivity index is 2.36. The van der Waals surface area contributed by atoms with E-state index in [0.717, 1.165) is 16.4 Å². The van der Waals surface area contributed by atoms with Crippen LogP contribution in [0.1, 0.15) is 12.8 Å². The van der Waals surface area contributed by atoms with Gasteiger partial charge >= 0.3 is 0 Å². The van der Waals surface area contributed by atoms with E-state index in [-0.39, 0.29) is 6.04 Å². The van der Waals surface area contributed by atoms with Crippen molar-refractivity contribution < 1.29 is 8.42 Å². The Bertz CT molecular complexity index is 504. The zero-order chi connectivity index (χ0) is 12.5. The zero-order valence-corrected chi connectivity index (χ0v) is 12.3. The molecule has 94 valence electrons. The molecule has 1 aliphatic rings. The molecule has 6 heteroatoms. The van der Waals surface area contributed by atoms with Crippen molar-refractivity contribution >= 4 is 32.6 Å². The summed E-state index contributed by atoms with van der Waals surface area (Å²) in [5.74, 6) is 0. The third-order valence-electron chi connectivity index (χ3n) is 3.00. The summed E-state index contributed by atoms with van der Waals surface area (Å²) in [6.45, 7) is 0.971. The molecule has 0 amide bonds. The summed E-state index contributed by atoms with van der Waals surface area (Å²) >= 11 is 2.12. The molecule has 1 aliphatic heterocycles. The molecule has 1 atom stereocenters. The van der Waals surface area contributed by atoms with Crippen molar-refractivity contribution in [1.29, 1.82) is 0 Å². The highest BCUT2D eigenvalue weighted by molar-refractivity contribution is 14.1. The van der Waals surface area contributed by atoms with E-state index in [1.807, 2.05) is 6.07 Å². The Labute approximate surface area is 115 Å². The molecule has 0 bridgehead atoms. The van der Waals surface area contributed by atoms with E-state index in [1.54, 1.807) is 22.5 Å². The molecule has 1 heterocycles. The van der Waals surface area contributed by atoms with Crippen LogP contribution in [0.5, 0.6) is 0 Å². The summed E-state index contributed by atoms with van der Waals surface area (Å²) in [7, 11) is -3.37. The number of rotatable bonds is 3. The fourth-order valence-electron chi connectivity index (χ4n) is 2.12. The summed E-state index contributed by atoms with van der Waals surface area (Å²) < 4.78 is 27.3. The lowest BCUT2D eigenvalue weighted by atomic mass is 10.2. The van der Waals surface area contributed by atoms with Gasteiger partial charge in [-0.2, -0.15) is 4.31 Å². The summed E-state index contributed by atoms with van der Waals surface area (Å²) in [6, 6.07) is 6.94. The van der Waals surface area contributed by atoms with E-state index in [0.29, 0.717) is 18.0 Å². The summed E-state index contributed by atoms with van der Waals surface area (Å²) in [5, 5.41) is 0. The number of hydrogen-bond acceptors (Lipinski definition) is 3.